The Bertz CT molecular complexity index is 1040. The van der Waals surface area contributed by atoms with Gasteiger partial charge < -0.3 is 10.2 Å². The minimum atomic E-state index is -0.0369. The summed E-state index contributed by atoms with van der Waals surface area (Å²) in [6, 6.07) is 15.1. The van der Waals surface area contributed by atoms with Gasteiger partial charge >= 0.3 is 0 Å². The predicted octanol–water partition coefficient (Wildman–Crippen LogP) is 6.84. The van der Waals surface area contributed by atoms with Gasteiger partial charge in [0.2, 0.25) is 0 Å². The Morgan fingerprint density at radius 1 is 1.03 bits per heavy atom. The van der Waals surface area contributed by atoms with Crippen molar-refractivity contribution >= 4 is 33.0 Å². The van der Waals surface area contributed by atoms with Gasteiger partial charge in [-0.25, -0.2) is 0 Å². The van der Waals surface area contributed by atoms with E-state index in [-0.39, 0.29) is 5.91 Å². The summed E-state index contributed by atoms with van der Waals surface area (Å²) >= 11 is 1.84. The van der Waals surface area contributed by atoms with E-state index in [0.29, 0.717) is 11.5 Å². The Morgan fingerprint density at radius 3 is 2.74 bits per heavy atom. The van der Waals surface area contributed by atoms with Crippen LogP contribution in [0, 0.1) is 0 Å². The SMILES string of the molecule is CCc1ccc(C(=O)Nc2ccc3scc(C4CCC5CCCCN5CC4)c3c2)cc1. The molecule has 31 heavy (non-hydrogen) atoms. The maximum Gasteiger partial charge on any atom is 0.255 e. The summed E-state index contributed by atoms with van der Waals surface area (Å²) in [4.78, 5) is 15.5. The van der Waals surface area contributed by atoms with Crippen LogP contribution in [0.25, 0.3) is 10.1 Å². The van der Waals surface area contributed by atoms with Crippen molar-refractivity contribution in [3.63, 3.8) is 0 Å². The fourth-order valence-electron chi connectivity index (χ4n) is 5.39. The highest BCUT2D eigenvalue weighted by Crippen LogP contribution is 2.40. The molecule has 0 aliphatic carbocycles. The second-order valence-electron chi connectivity index (χ2n) is 9.16. The van der Waals surface area contributed by atoms with Gasteiger partial charge in [-0.3, -0.25) is 4.79 Å². The lowest BCUT2D eigenvalue weighted by molar-refractivity contribution is 0.102. The number of nitrogens with zero attached hydrogens (tertiary/aromatic N) is 1. The molecule has 3 aromatic rings. The molecule has 0 bridgehead atoms. The summed E-state index contributed by atoms with van der Waals surface area (Å²) in [5.74, 6) is 0.594. The van der Waals surface area contributed by atoms with Gasteiger partial charge in [0.15, 0.2) is 0 Å². The maximum atomic E-state index is 12.8. The Labute approximate surface area is 189 Å². The third-order valence-corrected chi connectivity index (χ3v) is 8.27. The molecule has 1 N–H and O–H groups in total. The molecule has 0 spiro atoms. The lowest BCUT2D eigenvalue weighted by atomic mass is 9.90. The number of benzene rings is 2. The second kappa shape index (κ2) is 9.13. The van der Waals surface area contributed by atoms with Crippen molar-refractivity contribution in [2.45, 2.75) is 63.8 Å². The topological polar surface area (TPSA) is 32.3 Å². The number of amides is 1. The van der Waals surface area contributed by atoms with Gasteiger partial charge in [-0.2, -0.15) is 0 Å². The lowest BCUT2D eigenvalue weighted by Crippen LogP contribution is -2.38. The molecule has 2 atom stereocenters. The Morgan fingerprint density at radius 2 is 1.90 bits per heavy atom. The zero-order valence-corrected chi connectivity index (χ0v) is 19.2. The first-order chi connectivity index (χ1) is 15.2. The molecule has 2 aromatic carbocycles. The summed E-state index contributed by atoms with van der Waals surface area (Å²) in [7, 11) is 0. The fourth-order valence-corrected chi connectivity index (χ4v) is 6.41. The van der Waals surface area contributed by atoms with Crippen LogP contribution < -0.4 is 5.32 Å². The third kappa shape index (κ3) is 4.42. The zero-order chi connectivity index (χ0) is 21.2. The van der Waals surface area contributed by atoms with Gasteiger partial charge in [0.1, 0.15) is 0 Å². The number of anilines is 1. The Hall–Kier alpha value is -2.17. The van der Waals surface area contributed by atoms with Gasteiger partial charge in [-0.1, -0.05) is 25.5 Å². The first-order valence-corrected chi connectivity index (χ1v) is 12.7. The minimum Gasteiger partial charge on any atom is -0.322 e. The van der Waals surface area contributed by atoms with E-state index in [1.165, 1.54) is 72.8 Å². The summed E-state index contributed by atoms with van der Waals surface area (Å²) in [5.41, 5.74) is 4.34. The molecule has 5 rings (SSSR count). The molecule has 1 amide bonds. The van der Waals surface area contributed by atoms with Crippen LogP contribution in [-0.2, 0) is 6.42 Å². The van der Waals surface area contributed by atoms with Crippen LogP contribution in [0.4, 0.5) is 5.69 Å². The van der Waals surface area contributed by atoms with Gasteiger partial charge in [-0.15, -0.1) is 11.3 Å². The van der Waals surface area contributed by atoms with Crippen LogP contribution in [0.2, 0.25) is 0 Å². The van der Waals surface area contributed by atoms with Gasteiger partial charge in [-0.05, 0) is 110 Å². The minimum absolute atomic E-state index is 0.0369. The first kappa shape index (κ1) is 20.7. The van der Waals surface area contributed by atoms with E-state index in [1.807, 2.05) is 41.7 Å². The number of rotatable bonds is 4. The molecule has 1 aromatic heterocycles. The lowest BCUT2D eigenvalue weighted by Gasteiger charge is -2.33. The number of carbonyl (C=O) groups is 1. The highest BCUT2D eigenvalue weighted by Gasteiger charge is 2.28. The van der Waals surface area contributed by atoms with Crippen LogP contribution in [0.1, 0.15) is 72.9 Å². The molecule has 2 saturated heterocycles. The van der Waals surface area contributed by atoms with Gasteiger partial charge in [0.25, 0.3) is 5.91 Å². The van der Waals surface area contributed by atoms with Gasteiger partial charge in [0.05, 0.1) is 0 Å². The van der Waals surface area contributed by atoms with E-state index in [9.17, 15) is 4.79 Å². The zero-order valence-electron chi connectivity index (χ0n) is 18.4. The van der Waals surface area contributed by atoms with Crippen LogP contribution >= 0.6 is 11.3 Å². The largest absolute Gasteiger partial charge is 0.322 e. The maximum absolute atomic E-state index is 12.8. The van der Waals surface area contributed by atoms with E-state index in [1.54, 1.807) is 0 Å². The number of fused-ring (bicyclic) bond motifs is 2. The highest BCUT2D eigenvalue weighted by atomic mass is 32.1. The molecule has 2 fully saturated rings. The second-order valence-corrected chi connectivity index (χ2v) is 10.1. The summed E-state index contributed by atoms with van der Waals surface area (Å²) in [6.45, 7) is 4.65. The quantitative estimate of drug-likeness (QED) is 0.489. The molecule has 0 radical (unpaired) electrons. The molecule has 0 saturated carbocycles. The smallest absolute Gasteiger partial charge is 0.255 e. The number of piperidine rings is 1. The summed E-state index contributed by atoms with van der Waals surface area (Å²) in [6.07, 6.45) is 9.00. The normalized spacial score (nSPS) is 22.1. The molecule has 3 heterocycles. The van der Waals surface area contributed by atoms with E-state index in [2.05, 4.69) is 34.7 Å². The van der Waals surface area contributed by atoms with Crippen molar-refractivity contribution in [1.82, 2.24) is 4.90 Å². The molecule has 2 aliphatic heterocycles. The summed E-state index contributed by atoms with van der Waals surface area (Å²) < 4.78 is 1.32. The van der Waals surface area contributed by atoms with E-state index < -0.39 is 0 Å². The van der Waals surface area contributed by atoms with Crippen molar-refractivity contribution < 1.29 is 4.79 Å². The number of aryl methyl sites for hydroxylation is 1. The van der Waals surface area contributed by atoms with Gasteiger partial charge in [0, 0.05) is 22.0 Å². The average molecular weight is 433 g/mol. The molecular weight excluding hydrogens is 400 g/mol. The van der Waals surface area contributed by atoms with E-state index in [4.69, 9.17) is 0 Å². The van der Waals surface area contributed by atoms with Crippen molar-refractivity contribution in [3.05, 3.63) is 64.5 Å². The highest BCUT2D eigenvalue weighted by molar-refractivity contribution is 7.17. The van der Waals surface area contributed by atoms with Crippen LogP contribution in [0.15, 0.2) is 47.8 Å². The van der Waals surface area contributed by atoms with Crippen molar-refractivity contribution in [3.8, 4) is 0 Å². The third-order valence-electron chi connectivity index (χ3n) is 7.29. The van der Waals surface area contributed by atoms with Crippen molar-refractivity contribution in [2.24, 2.45) is 0 Å². The summed E-state index contributed by atoms with van der Waals surface area (Å²) in [5, 5.41) is 6.82. The molecule has 162 valence electrons. The number of nitrogens with one attached hydrogen (secondary N) is 1. The number of hydrogen-bond donors (Lipinski definition) is 1. The Balaban J connectivity index is 1.35. The molecule has 2 unspecified atom stereocenters. The molecule has 4 heteroatoms. The van der Waals surface area contributed by atoms with Crippen molar-refractivity contribution in [2.75, 3.05) is 18.4 Å². The monoisotopic (exact) mass is 432 g/mol. The molecular formula is C27H32N2OS. The standard InChI is InChI=1S/C27H32N2OS/c1-2-19-6-8-21(9-7-19)27(30)28-22-11-13-26-24(17-22)25(18-31-26)20-10-12-23-5-3-4-15-29(23)16-14-20/h6-9,11,13,17-18,20,23H,2-5,10,12,14-16H2,1H3,(H,28,30). The number of hydrogen-bond acceptors (Lipinski definition) is 3. The number of carbonyl (C=O) groups excluding carboxylic acids is 1. The number of thiophene rings is 1. The van der Waals surface area contributed by atoms with Crippen LogP contribution in [0.3, 0.4) is 0 Å². The van der Waals surface area contributed by atoms with E-state index in [0.717, 1.165) is 18.2 Å². The van der Waals surface area contributed by atoms with Crippen LogP contribution in [-0.4, -0.2) is 29.9 Å². The predicted molar refractivity (Wildman–Crippen MR) is 131 cm³/mol. The van der Waals surface area contributed by atoms with E-state index >= 15 is 0 Å². The Kier molecular flexibility index (Phi) is 6.10. The van der Waals surface area contributed by atoms with Crippen LogP contribution in [0.5, 0.6) is 0 Å². The molecule has 2 aliphatic rings. The average Bonchev–Trinajstić information content (AvgIpc) is 3.10. The fraction of sp³-hybridized carbons (Fsp3) is 0.444. The van der Waals surface area contributed by atoms with Crippen molar-refractivity contribution in [1.29, 1.82) is 0 Å². The first-order valence-electron chi connectivity index (χ1n) is 11.9. The molecule has 3 nitrogen and oxygen atoms in total.